The normalized spacial score (nSPS) is 10.5. The lowest BCUT2D eigenvalue weighted by Gasteiger charge is -2.11. The molecule has 1 aromatic carbocycles. The molecule has 0 unspecified atom stereocenters. The summed E-state index contributed by atoms with van der Waals surface area (Å²) in [6.45, 7) is 2.52. The van der Waals surface area contributed by atoms with Gasteiger partial charge in [-0.05, 0) is 30.7 Å². The van der Waals surface area contributed by atoms with Gasteiger partial charge in [0.25, 0.3) is 5.56 Å². The predicted octanol–water partition coefficient (Wildman–Crippen LogP) is 2.77. The summed E-state index contributed by atoms with van der Waals surface area (Å²) < 4.78 is 1.67. The maximum Gasteiger partial charge on any atom is 0.253 e. The average molecular weight is 249 g/mol. The molecule has 0 atom stereocenters. The van der Waals surface area contributed by atoms with Crippen LogP contribution in [0.3, 0.4) is 0 Å². The molecule has 0 aliphatic rings. The largest absolute Gasteiger partial charge is 0.399 e. The molecule has 0 aliphatic carbocycles. The zero-order valence-corrected chi connectivity index (χ0v) is 10.2. The number of halogens is 1. The summed E-state index contributed by atoms with van der Waals surface area (Å²) in [5.74, 6) is 0. The van der Waals surface area contributed by atoms with Gasteiger partial charge in [0, 0.05) is 23.3 Å². The Morgan fingerprint density at radius 2 is 2.06 bits per heavy atom. The predicted molar refractivity (Wildman–Crippen MR) is 71.2 cm³/mol. The highest BCUT2D eigenvalue weighted by Gasteiger charge is 2.06. The van der Waals surface area contributed by atoms with Crippen LogP contribution in [-0.2, 0) is 6.54 Å². The summed E-state index contributed by atoms with van der Waals surface area (Å²) in [6.07, 6.45) is 0. The summed E-state index contributed by atoms with van der Waals surface area (Å²) in [4.78, 5) is 11.8. The summed E-state index contributed by atoms with van der Waals surface area (Å²) in [7, 11) is 0. The Morgan fingerprint density at radius 1 is 1.29 bits per heavy atom. The van der Waals surface area contributed by atoms with Crippen LogP contribution in [0.25, 0.3) is 11.3 Å². The first-order valence-corrected chi connectivity index (χ1v) is 5.76. The SMILES string of the molecule is CCn1c(-c2cccc(Cl)c2)cc(N)cc1=O. The van der Waals surface area contributed by atoms with Crippen LogP contribution in [0.2, 0.25) is 5.02 Å². The van der Waals surface area contributed by atoms with E-state index in [0.29, 0.717) is 17.3 Å². The quantitative estimate of drug-likeness (QED) is 0.888. The van der Waals surface area contributed by atoms with Crippen LogP contribution >= 0.6 is 11.6 Å². The molecule has 1 aromatic heterocycles. The van der Waals surface area contributed by atoms with Crippen molar-refractivity contribution in [2.45, 2.75) is 13.5 Å². The molecule has 0 fully saturated rings. The standard InChI is InChI=1S/C13H13ClN2O/c1-2-16-12(7-11(15)8-13(16)17)9-4-3-5-10(14)6-9/h3-8H,2,15H2,1H3. The molecule has 2 N–H and O–H groups in total. The van der Waals surface area contributed by atoms with Gasteiger partial charge in [-0.2, -0.15) is 0 Å². The number of aromatic nitrogens is 1. The van der Waals surface area contributed by atoms with Crippen LogP contribution in [0.4, 0.5) is 5.69 Å². The zero-order chi connectivity index (χ0) is 12.4. The van der Waals surface area contributed by atoms with Crippen molar-refractivity contribution in [1.29, 1.82) is 0 Å². The number of hydrogen-bond acceptors (Lipinski definition) is 2. The number of nitrogen functional groups attached to an aromatic ring is 1. The second-order valence-electron chi connectivity index (χ2n) is 3.77. The highest BCUT2D eigenvalue weighted by atomic mass is 35.5. The number of nitrogens with zero attached hydrogens (tertiary/aromatic N) is 1. The van der Waals surface area contributed by atoms with E-state index in [1.807, 2.05) is 25.1 Å². The van der Waals surface area contributed by atoms with E-state index in [1.165, 1.54) is 6.07 Å². The van der Waals surface area contributed by atoms with E-state index >= 15 is 0 Å². The number of pyridine rings is 1. The first kappa shape index (κ1) is 11.7. The Morgan fingerprint density at radius 3 is 2.71 bits per heavy atom. The van der Waals surface area contributed by atoms with Gasteiger partial charge in [-0.15, -0.1) is 0 Å². The lowest BCUT2D eigenvalue weighted by Crippen LogP contribution is -2.20. The zero-order valence-electron chi connectivity index (χ0n) is 9.48. The average Bonchev–Trinajstić information content (AvgIpc) is 2.28. The molecular formula is C13H13ClN2O. The molecule has 3 nitrogen and oxygen atoms in total. The number of benzene rings is 1. The van der Waals surface area contributed by atoms with Gasteiger partial charge in [0.05, 0.1) is 5.69 Å². The van der Waals surface area contributed by atoms with Crippen molar-refractivity contribution in [3.63, 3.8) is 0 Å². The lowest BCUT2D eigenvalue weighted by molar-refractivity contribution is 0.736. The van der Waals surface area contributed by atoms with Gasteiger partial charge >= 0.3 is 0 Å². The molecule has 0 aliphatic heterocycles. The van der Waals surface area contributed by atoms with Crippen molar-refractivity contribution in [2.24, 2.45) is 0 Å². The fourth-order valence-corrected chi connectivity index (χ4v) is 2.02. The molecule has 0 saturated carbocycles. The third-order valence-electron chi connectivity index (χ3n) is 2.59. The van der Waals surface area contributed by atoms with Crippen molar-refractivity contribution >= 4 is 17.3 Å². The summed E-state index contributed by atoms with van der Waals surface area (Å²) in [6, 6.07) is 10.6. The first-order valence-electron chi connectivity index (χ1n) is 5.38. The maximum atomic E-state index is 11.8. The van der Waals surface area contributed by atoms with Crippen molar-refractivity contribution in [2.75, 3.05) is 5.73 Å². The highest BCUT2D eigenvalue weighted by Crippen LogP contribution is 2.23. The van der Waals surface area contributed by atoms with Gasteiger partial charge in [-0.25, -0.2) is 0 Å². The van der Waals surface area contributed by atoms with Crippen molar-refractivity contribution in [3.05, 3.63) is 51.8 Å². The molecule has 0 spiro atoms. The lowest BCUT2D eigenvalue weighted by atomic mass is 10.1. The van der Waals surface area contributed by atoms with Crippen LogP contribution in [0.15, 0.2) is 41.2 Å². The minimum atomic E-state index is -0.0949. The molecule has 2 aromatic rings. The van der Waals surface area contributed by atoms with Crippen molar-refractivity contribution in [1.82, 2.24) is 4.57 Å². The van der Waals surface area contributed by atoms with Gasteiger partial charge < -0.3 is 10.3 Å². The Bertz CT molecular complexity index is 605. The van der Waals surface area contributed by atoms with E-state index in [0.717, 1.165) is 11.3 Å². The van der Waals surface area contributed by atoms with Crippen LogP contribution in [0.1, 0.15) is 6.92 Å². The van der Waals surface area contributed by atoms with Gasteiger partial charge in [-0.1, -0.05) is 23.7 Å². The smallest absolute Gasteiger partial charge is 0.253 e. The highest BCUT2D eigenvalue weighted by molar-refractivity contribution is 6.30. The van der Waals surface area contributed by atoms with Crippen LogP contribution in [-0.4, -0.2) is 4.57 Å². The van der Waals surface area contributed by atoms with Gasteiger partial charge in [0.1, 0.15) is 0 Å². The third kappa shape index (κ3) is 2.34. The molecule has 4 heteroatoms. The summed E-state index contributed by atoms with van der Waals surface area (Å²) in [5, 5.41) is 0.639. The number of hydrogen-bond donors (Lipinski definition) is 1. The maximum absolute atomic E-state index is 11.8. The first-order chi connectivity index (χ1) is 8.11. The number of rotatable bonds is 2. The molecule has 1 heterocycles. The molecule has 17 heavy (non-hydrogen) atoms. The summed E-state index contributed by atoms with van der Waals surface area (Å²) in [5.41, 5.74) is 7.77. The minimum absolute atomic E-state index is 0.0949. The fourth-order valence-electron chi connectivity index (χ4n) is 1.83. The monoisotopic (exact) mass is 248 g/mol. The van der Waals surface area contributed by atoms with Gasteiger partial charge in [0.15, 0.2) is 0 Å². The van der Waals surface area contributed by atoms with E-state index in [1.54, 1.807) is 16.7 Å². The van der Waals surface area contributed by atoms with Crippen LogP contribution in [0, 0.1) is 0 Å². The number of nitrogens with two attached hydrogens (primary N) is 1. The Hall–Kier alpha value is -1.74. The Kier molecular flexibility index (Phi) is 3.20. The minimum Gasteiger partial charge on any atom is -0.399 e. The van der Waals surface area contributed by atoms with E-state index in [9.17, 15) is 4.79 Å². The number of anilines is 1. The molecule has 0 saturated heterocycles. The Balaban J connectivity index is 2.70. The molecule has 88 valence electrons. The van der Waals surface area contributed by atoms with Crippen LogP contribution < -0.4 is 11.3 Å². The fraction of sp³-hybridized carbons (Fsp3) is 0.154. The van der Waals surface area contributed by atoms with Gasteiger partial charge in [0.2, 0.25) is 0 Å². The molecule has 0 amide bonds. The van der Waals surface area contributed by atoms with Crippen LogP contribution in [0.5, 0.6) is 0 Å². The third-order valence-corrected chi connectivity index (χ3v) is 2.82. The van der Waals surface area contributed by atoms with Crippen molar-refractivity contribution in [3.8, 4) is 11.3 Å². The molecule has 0 bridgehead atoms. The van der Waals surface area contributed by atoms with Crippen molar-refractivity contribution < 1.29 is 0 Å². The van der Waals surface area contributed by atoms with E-state index in [2.05, 4.69) is 0 Å². The second kappa shape index (κ2) is 4.63. The van der Waals surface area contributed by atoms with Gasteiger partial charge in [-0.3, -0.25) is 4.79 Å². The van der Waals surface area contributed by atoms with E-state index < -0.39 is 0 Å². The topological polar surface area (TPSA) is 48.0 Å². The van der Waals surface area contributed by atoms with E-state index in [-0.39, 0.29) is 5.56 Å². The Labute approximate surface area is 104 Å². The molecular weight excluding hydrogens is 236 g/mol. The second-order valence-corrected chi connectivity index (χ2v) is 4.20. The molecule has 2 rings (SSSR count). The summed E-state index contributed by atoms with van der Waals surface area (Å²) >= 11 is 5.95. The molecule has 0 radical (unpaired) electrons. The van der Waals surface area contributed by atoms with E-state index in [4.69, 9.17) is 17.3 Å².